The van der Waals surface area contributed by atoms with Crippen LogP contribution in [0.4, 0.5) is 4.39 Å². The number of nitrogens with zero attached hydrogens (tertiary/aromatic N) is 1. The standard InChI is InChI=1S/C28H37FIN2O3/c1-19(26-11-10-24(29)18-27(26)34)31-30-14-2-3-20-4-5-23(17-20)21-6-8-22(9-7-21)28(35)32-15-12-25(33)13-16-32/h6-11,18-20,23,25,31,33-34H,2-5,12-17H2,1H3/q-1/t19-,20?,23+/m1/s1. The van der Waals surface area contributed by atoms with Crippen LogP contribution in [0.25, 0.3) is 0 Å². The monoisotopic (exact) mass is 595 g/mol. The van der Waals surface area contributed by atoms with Crippen molar-refractivity contribution in [3.63, 3.8) is 0 Å². The molecule has 1 saturated heterocycles. The van der Waals surface area contributed by atoms with Gasteiger partial charge in [-0.25, -0.2) is 0 Å². The number of benzene rings is 2. The van der Waals surface area contributed by atoms with Gasteiger partial charge in [-0.15, -0.1) is 0 Å². The number of phenols is 1. The summed E-state index contributed by atoms with van der Waals surface area (Å²) in [6, 6.07) is 12.5. The van der Waals surface area contributed by atoms with E-state index in [1.54, 1.807) is 6.07 Å². The summed E-state index contributed by atoms with van der Waals surface area (Å²) in [4.78, 5) is 14.6. The van der Waals surface area contributed by atoms with Gasteiger partial charge in [-0.05, 0) is 12.8 Å². The predicted octanol–water partition coefficient (Wildman–Crippen LogP) is 2.15. The van der Waals surface area contributed by atoms with Crippen LogP contribution in [0.3, 0.4) is 0 Å². The number of hydrogen-bond acceptors (Lipinski definition) is 4. The molecule has 1 unspecified atom stereocenters. The van der Waals surface area contributed by atoms with E-state index in [0.29, 0.717) is 31.8 Å². The van der Waals surface area contributed by atoms with Crippen LogP contribution in [0, 0.1) is 11.7 Å². The molecule has 35 heavy (non-hydrogen) atoms. The number of alkyl halides is 1. The minimum absolute atomic E-state index is 0.0229. The zero-order valence-corrected chi connectivity index (χ0v) is 22.6. The van der Waals surface area contributed by atoms with Gasteiger partial charge in [-0.2, -0.15) is 0 Å². The summed E-state index contributed by atoms with van der Waals surface area (Å²) in [6.07, 6.45) is 7.26. The summed E-state index contributed by atoms with van der Waals surface area (Å²) in [5.74, 6) is 1.04. The number of aliphatic hydroxyl groups is 1. The molecule has 4 rings (SSSR count). The van der Waals surface area contributed by atoms with E-state index in [-0.39, 0.29) is 45.3 Å². The summed E-state index contributed by atoms with van der Waals surface area (Å²) in [5, 5.41) is 19.6. The molecule has 1 aliphatic heterocycles. The van der Waals surface area contributed by atoms with Crippen molar-refractivity contribution in [2.75, 3.05) is 17.5 Å². The quantitative estimate of drug-likeness (QED) is 0.180. The molecule has 3 N–H and O–H groups in total. The number of carbonyl (C=O) groups is 1. The van der Waals surface area contributed by atoms with Crippen molar-refractivity contribution < 1.29 is 40.9 Å². The van der Waals surface area contributed by atoms with E-state index < -0.39 is 5.82 Å². The Morgan fingerprint density at radius 3 is 2.60 bits per heavy atom. The Morgan fingerprint density at radius 2 is 1.89 bits per heavy atom. The van der Waals surface area contributed by atoms with E-state index in [0.717, 1.165) is 17.0 Å². The van der Waals surface area contributed by atoms with Crippen LogP contribution in [-0.4, -0.2) is 44.6 Å². The molecule has 2 aromatic rings. The van der Waals surface area contributed by atoms with Gasteiger partial charge in [0.1, 0.15) is 0 Å². The average molecular weight is 596 g/mol. The molecule has 7 heteroatoms. The molecule has 2 aliphatic rings. The summed E-state index contributed by atoms with van der Waals surface area (Å²) in [5.41, 5.74) is 2.85. The van der Waals surface area contributed by atoms with Crippen LogP contribution in [0.1, 0.15) is 85.3 Å². The fraction of sp³-hybridized carbons (Fsp3) is 0.536. The van der Waals surface area contributed by atoms with Gasteiger partial charge in [-0.1, -0.05) is 0 Å². The number of nitrogens with one attached hydrogen (secondary N) is 1. The summed E-state index contributed by atoms with van der Waals surface area (Å²) < 4.78 is 17.9. The third-order valence-electron chi connectivity index (χ3n) is 7.46. The number of hydrogen-bond donors (Lipinski definition) is 3. The van der Waals surface area contributed by atoms with Crippen molar-refractivity contribution in [1.29, 1.82) is 0 Å². The van der Waals surface area contributed by atoms with Crippen LogP contribution in [0.5, 0.6) is 5.75 Å². The van der Waals surface area contributed by atoms with Crippen molar-refractivity contribution in [1.82, 2.24) is 8.43 Å². The fourth-order valence-electron chi connectivity index (χ4n) is 5.33. The predicted molar refractivity (Wildman–Crippen MR) is 131 cm³/mol. The molecule has 1 amide bonds. The van der Waals surface area contributed by atoms with Crippen LogP contribution < -0.4 is 25.0 Å². The van der Waals surface area contributed by atoms with Gasteiger partial charge in [0.05, 0.1) is 6.10 Å². The van der Waals surface area contributed by atoms with Crippen molar-refractivity contribution in [3.05, 3.63) is 65.0 Å². The second kappa shape index (κ2) is 12.5. The molecule has 0 aromatic heterocycles. The molecule has 0 bridgehead atoms. The number of aliphatic hydroxyl groups excluding tert-OH is 1. The Hall–Kier alpha value is -1.71. The Bertz CT molecular complexity index is 979. The molecule has 0 radical (unpaired) electrons. The van der Waals surface area contributed by atoms with Crippen LogP contribution in [0.15, 0.2) is 42.5 Å². The number of halogens is 2. The van der Waals surface area contributed by atoms with Gasteiger partial charge in [0, 0.05) is 13.1 Å². The summed E-state index contributed by atoms with van der Waals surface area (Å²) in [6.45, 7) is 3.29. The van der Waals surface area contributed by atoms with Gasteiger partial charge >= 0.3 is 182 Å². The van der Waals surface area contributed by atoms with Gasteiger partial charge < -0.3 is 5.11 Å². The van der Waals surface area contributed by atoms with E-state index in [9.17, 15) is 19.4 Å². The number of amides is 1. The molecule has 1 heterocycles. The normalized spacial score (nSPS) is 22.0. The fourth-order valence-corrected chi connectivity index (χ4v) is 7.46. The van der Waals surface area contributed by atoms with Gasteiger partial charge in [0.2, 0.25) is 0 Å². The molecule has 1 saturated carbocycles. The molecule has 1 aliphatic carbocycles. The first-order chi connectivity index (χ1) is 16.9. The number of piperidine rings is 1. The number of carbonyl (C=O) groups excluding carboxylic acids is 1. The van der Waals surface area contributed by atoms with Crippen molar-refractivity contribution in [3.8, 4) is 5.75 Å². The van der Waals surface area contributed by atoms with Crippen molar-refractivity contribution in [2.45, 2.75) is 69.9 Å². The molecular weight excluding hydrogens is 558 g/mol. The first-order valence-corrected chi connectivity index (χ1v) is 15.4. The van der Waals surface area contributed by atoms with E-state index in [1.165, 1.54) is 54.2 Å². The van der Waals surface area contributed by atoms with Crippen LogP contribution in [0.2, 0.25) is 0 Å². The molecule has 2 fully saturated rings. The third kappa shape index (κ3) is 7.17. The number of aromatic hydroxyl groups is 1. The first-order valence-electron chi connectivity index (χ1n) is 12.8. The Kier molecular flexibility index (Phi) is 9.41. The molecule has 192 valence electrons. The minimum atomic E-state index is -0.411. The number of rotatable bonds is 9. The van der Waals surface area contributed by atoms with E-state index in [4.69, 9.17) is 0 Å². The topological polar surface area (TPSA) is 72.8 Å². The Morgan fingerprint density at radius 1 is 1.14 bits per heavy atom. The second-order valence-electron chi connectivity index (χ2n) is 10.0. The summed E-state index contributed by atoms with van der Waals surface area (Å²) >= 11 is -0.163. The number of phenolic OH excluding ortho intramolecular Hbond substituents is 1. The van der Waals surface area contributed by atoms with E-state index in [1.807, 2.05) is 24.0 Å². The maximum absolute atomic E-state index is 13.2. The Labute approximate surface area is 218 Å². The van der Waals surface area contributed by atoms with Gasteiger partial charge in [0.25, 0.3) is 0 Å². The third-order valence-corrected chi connectivity index (χ3v) is 10.1. The maximum atomic E-state index is 13.2. The molecule has 3 atom stereocenters. The second-order valence-corrected chi connectivity index (χ2v) is 12.5. The number of likely N-dealkylation sites (tertiary alicyclic amines) is 1. The van der Waals surface area contributed by atoms with Crippen molar-refractivity contribution in [2.24, 2.45) is 5.92 Å². The first kappa shape index (κ1) is 26.4. The van der Waals surface area contributed by atoms with Crippen molar-refractivity contribution >= 4 is 5.91 Å². The average Bonchev–Trinajstić information content (AvgIpc) is 3.33. The zero-order valence-electron chi connectivity index (χ0n) is 20.4. The molecule has 2 aromatic carbocycles. The van der Waals surface area contributed by atoms with Gasteiger partial charge in [-0.3, -0.25) is 0 Å². The Balaban J connectivity index is 1.16. The van der Waals surface area contributed by atoms with E-state index in [2.05, 4.69) is 15.7 Å². The van der Waals surface area contributed by atoms with Crippen LogP contribution >= 0.6 is 0 Å². The zero-order chi connectivity index (χ0) is 24.8. The molecule has 0 spiro atoms. The van der Waals surface area contributed by atoms with E-state index >= 15 is 0 Å². The SMILES string of the molecule is C[C@@H](N[I-]CCCC1CC[C@H](c2ccc(C(=O)N3CCC(O)CC3)cc2)C1)c1ccc(F)cc1O. The van der Waals surface area contributed by atoms with Gasteiger partial charge in [0.15, 0.2) is 0 Å². The van der Waals surface area contributed by atoms with Crippen LogP contribution in [-0.2, 0) is 0 Å². The molecular formula is C28H37FIN2O3-. The molecule has 5 nitrogen and oxygen atoms in total. The summed E-state index contributed by atoms with van der Waals surface area (Å²) in [7, 11) is 0.